The number of aliphatic carboxylic acids is 1. The number of carboxylic acids is 1. The fourth-order valence-electron chi connectivity index (χ4n) is 2.16. The molecule has 2 heterocycles. The average molecular weight is 225 g/mol. The largest absolute Gasteiger partial charge is 0.477 e. The number of hydrogen-bond acceptors (Lipinski definition) is 4. The Kier molecular flexibility index (Phi) is 1.86. The summed E-state index contributed by atoms with van der Waals surface area (Å²) in [5.41, 5.74) is 3.10. The number of amidine groups is 1. The van der Waals surface area contributed by atoms with Gasteiger partial charge >= 0.3 is 5.97 Å². The van der Waals surface area contributed by atoms with Crippen LogP contribution in [0.4, 0.5) is 0 Å². The van der Waals surface area contributed by atoms with E-state index in [0.29, 0.717) is 29.9 Å². The number of hydrogen-bond donors (Lipinski definition) is 1. The minimum absolute atomic E-state index is 0.123. The van der Waals surface area contributed by atoms with E-state index < -0.39 is 5.97 Å². The fraction of sp³-hybridized carbons (Fsp3) is 0.167. The molecule has 0 saturated carbocycles. The molecule has 3 rings (SSSR count). The third kappa shape index (κ3) is 1.27. The van der Waals surface area contributed by atoms with Crippen molar-refractivity contribution in [1.82, 2.24) is 0 Å². The zero-order valence-electron chi connectivity index (χ0n) is 8.77. The molecule has 0 saturated heterocycles. The summed E-state index contributed by atoms with van der Waals surface area (Å²) in [6.45, 7) is 0. The minimum Gasteiger partial charge on any atom is -0.477 e. The normalized spacial score (nSPS) is 20.9. The van der Waals surface area contributed by atoms with E-state index in [-0.39, 0.29) is 5.71 Å². The number of fused-ring (bicyclic) bond motifs is 2. The first-order chi connectivity index (χ1) is 8.20. The third-order valence-electron chi connectivity index (χ3n) is 2.95. The lowest BCUT2D eigenvalue weighted by molar-refractivity contribution is -0.129. The van der Waals surface area contributed by atoms with E-state index in [9.17, 15) is 4.79 Å². The minimum atomic E-state index is -1.01. The van der Waals surface area contributed by atoms with Gasteiger partial charge in [0.1, 0.15) is 11.8 Å². The summed E-state index contributed by atoms with van der Waals surface area (Å²) in [6, 6.07) is 2.09. The number of allylic oxidation sites excluding steroid dienone is 4. The van der Waals surface area contributed by atoms with Gasteiger partial charge in [-0.25, -0.2) is 14.8 Å². The first-order valence-corrected chi connectivity index (χ1v) is 5.14. The molecule has 0 atom stereocenters. The van der Waals surface area contributed by atoms with E-state index in [4.69, 9.17) is 10.4 Å². The van der Waals surface area contributed by atoms with Gasteiger partial charge in [0.05, 0.1) is 11.3 Å². The van der Waals surface area contributed by atoms with Crippen molar-refractivity contribution in [2.24, 2.45) is 9.98 Å². The predicted molar refractivity (Wildman–Crippen MR) is 60.5 cm³/mol. The number of nitriles is 1. The van der Waals surface area contributed by atoms with Crippen LogP contribution in [0.3, 0.4) is 0 Å². The highest BCUT2D eigenvalue weighted by Gasteiger charge is 2.33. The average Bonchev–Trinajstić information content (AvgIpc) is 2.85. The number of aliphatic imine (C=N–C) groups is 2. The highest BCUT2D eigenvalue weighted by atomic mass is 16.4. The van der Waals surface area contributed by atoms with Crippen molar-refractivity contribution >= 4 is 17.5 Å². The van der Waals surface area contributed by atoms with Gasteiger partial charge in [0, 0.05) is 12.0 Å². The van der Waals surface area contributed by atoms with E-state index >= 15 is 0 Å². The SMILES string of the molecule is N#CC1=C2N=C3N=C(C(=O)O)CC3=C2CC=C1. The van der Waals surface area contributed by atoms with Crippen LogP contribution < -0.4 is 0 Å². The topological polar surface area (TPSA) is 85.8 Å². The van der Waals surface area contributed by atoms with Gasteiger partial charge in [0.15, 0.2) is 5.84 Å². The Morgan fingerprint density at radius 2 is 2.24 bits per heavy atom. The zero-order chi connectivity index (χ0) is 12.0. The van der Waals surface area contributed by atoms with Crippen molar-refractivity contribution in [2.45, 2.75) is 12.8 Å². The van der Waals surface area contributed by atoms with Crippen LogP contribution in [0.15, 0.2) is 44.6 Å². The van der Waals surface area contributed by atoms with Crippen LogP contribution in [0.2, 0.25) is 0 Å². The molecule has 0 unspecified atom stereocenters. The molecule has 5 heteroatoms. The predicted octanol–water partition coefficient (Wildman–Crippen LogP) is 1.36. The summed E-state index contributed by atoms with van der Waals surface area (Å²) in [6.07, 6.45) is 4.62. The molecule has 5 nitrogen and oxygen atoms in total. The van der Waals surface area contributed by atoms with Gasteiger partial charge in [-0.1, -0.05) is 6.08 Å². The van der Waals surface area contributed by atoms with Crippen LogP contribution in [0.25, 0.3) is 0 Å². The van der Waals surface area contributed by atoms with E-state index in [1.807, 2.05) is 6.08 Å². The molecular weight excluding hydrogens is 218 g/mol. The summed E-state index contributed by atoms with van der Waals surface area (Å²) in [4.78, 5) is 19.1. The molecule has 2 aliphatic heterocycles. The monoisotopic (exact) mass is 225 g/mol. The molecule has 0 aromatic heterocycles. The fourth-order valence-corrected chi connectivity index (χ4v) is 2.16. The maximum absolute atomic E-state index is 10.8. The van der Waals surface area contributed by atoms with Gasteiger partial charge in [-0.15, -0.1) is 0 Å². The molecule has 0 spiro atoms. The molecule has 0 aromatic carbocycles. The molecule has 0 fully saturated rings. The molecule has 82 valence electrons. The van der Waals surface area contributed by atoms with Crippen LogP contribution >= 0.6 is 0 Å². The Balaban J connectivity index is 2.13. The second-order valence-electron chi connectivity index (χ2n) is 3.91. The van der Waals surface area contributed by atoms with Gasteiger partial charge in [-0.2, -0.15) is 5.26 Å². The lowest BCUT2D eigenvalue weighted by Gasteiger charge is -2.08. The molecular formula is C12H7N3O2. The van der Waals surface area contributed by atoms with Crippen molar-refractivity contribution in [2.75, 3.05) is 0 Å². The van der Waals surface area contributed by atoms with E-state index in [2.05, 4.69) is 16.1 Å². The number of rotatable bonds is 1. The first kappa shape index (κ1) is 9.73. The maximum atomic E-state index is 10.8. The standard InChI is InChI=1S/C12H7N3O2/c13-5-6-2-1-3-7-8-4-9(12(16)17)14-11(8)15-10(6)7/h1-2H,3-4H2,(H,16,17). The van der Waals surface area contributed by atoms with E-state index in [0.717, 1.165) is 11.1 Å². The highest BCUT2D eigenvalue weighted by Crippen LogP contribution is 2.38. The third-order valence-corrected chi connectivity index (χ3v) is 2.95. The first-order valence-electron chi connectivity index (χ1n) is 5.14. The van der Waals surface area contributed by atoms with Gasteiger partial charge in [-0.05, 0) is 18.1 Å². The Hall–Kier alpha value is -2.48. The Bertz CT molecular complexity index is 639. The molecule has 0 aromatic rings. The molecule has 0 amide bonds. The Morgan fingerprint density at radius 3 is 2.94 bits per heavy atom. The molecule has 17 heavy (non-hydrogen) atoms. The zero-order valence-corrected chi connectivity index (χ0v) is 8.77. The Morgan fingerprint density at radius 1 is 1.41 bits per heavy atom. The molecule has 1 aliphatic carbocycles. The molecule has 3 aliphatic rings. The van der Waals surface area contributed by atoms with Crippen LogP contribution in [0, 0.1) is 11.3 Å². The second kappa shape index (κ2) is 3.25. The van der Waals surface area contributed by atoms with Crippen LogP contribution in [0.5, 0.6) is 0 Å². The number of carbonyl (C=O) groups is 1. The lowest BCUT2D eigenvalue weighted by Crippen LogP contribution is -2.10. The van der Waals surface area contributed by atoms with Crippen molar-refractivity contribution in [1.29, 1.82) is 5.26 Å². The summed E-state index contributed by atoms with van der Waals surface area (Å²) in [5.74, 6) is -0.545. The quantitative estimate of drug-likeness (QED) is 0.731. The van der Waals surface area contributed by atoms with Gasteiger partial charge in [0.25, 0.3) is 0 Å². The van der Waals surface area contributed by atoms with Gasteiger partial charge in [0.2, 0.25) is 0 Å². The van der Waals surface area contributed by atoms with Gasteiger partial charge in [-0.3, -0.25) is 0 Å². The molecule has 1 N–H and O–H groups in total. The summed E-state index contributed by atoms with van der Waals surface area (Å²) in [7, 11) is 0. The summed E-state index contributed by atoms with van der Waals surface area (Å²) in [5, 5.41) is 17.8. The number of carboxylic acid groups (broad SMARTS) is 1. The lowest BCUT2D eigenvalue weighted by atomic mass is 9.95. The highest BCUT2D eigenvalue weighted by molar-refractivity contribution is 6.42. The van der Waals surface area contributed by atoms with Crippen LogP contribution in [-0.4, -0.2) is 22.6 Å². The summed E-state index contributed by atoms with van der Waals surface area (Å²) >= 11 is 0. The van der Waals surface area contributed by atoms with Crippen molar-refractivity contribution < 1.29 is 9.90 Å². The van der Waals surface area contributed by atoms with E-state index in [1.54, 1.807) is 6.08 Å². The number of nitrogens with zero attached hydrogens (tertiary/aromatic N) is 3. The molecule has 0 bridgehead atoms. The summed E-state index contributed by atoms with van der Waals surface area (Å²) < 4.78 is 0. The second-order valence-corrected chi connectivity index (χ2v) is 3.91. The maximum Gasteiger partial charge on any atom is 0.350 e. The van der Waals surface area contributed by atoms with Crippen LogP contribution in [-0.2, 0) is 4.79 Å². The Labute approximate surface area is 96.8 Å². The molecule has 0 radical (unpaired) electrons. The van der Waals surface area contributed by atoms with Crippen LogP contribution in [0.1, 0.15) is 12.8 Å². The smallest absolute Gasteiger partial charge is 0.350 e. The van der Waals surface area contributed by atoms with Gasteiger partial charge < -0.3 is 5.11 Å². The van der Waals surface area contributed by atoms with E-state index in [1.165, 1.54) is 0 Å². The van der Waals surface area contributed by atoms with Crippen molar-refractivity contribution in [3.05, 3.63) is 34.6 Å². The van der Waals surface area contributed by atoms with Crippen molar-refractivity contribution in [3.8, 4) is 6.07 Å². The van der Waals surface area contributed by atoms with Crippen molar-refractivity contribution in [3.63, 3.8) is 0 Å².